The molecule has 0 heterocycles. The summed E-state index contributed by atoms with van der Waals surface area (Å²) in [6, 6.07) is 16.4. The Morgan fingerprint density at radius 1 is 1.00 bits per heavy atom. The van der Waals surface area contributed by atoms with Crippen molar-refractivity contribution in [2.75, 3.05) is 26.5 Å². The maximum absolute atomic E-state index is 5.39. The summed E-state index contributed by atoms with van der Waals surface area (Å²) in [5.41, 5.74) is 1.14. The number of methoxy groups -OCH3 is 2. The minimum atomic E-state index is 0.794. The van der Waals surface area contributed by atoms with E-state index in [1.165, 1.54) is 4.90 Å². The van der Waals surface area contributed by atoms with Crippen LogP contribution < -0.4 is 14.8 Å². The summed E-state index contributed by atoms with van der Waals surface area (Å²) in [5, 5.41) is 3.44. The van der Waals surface area contributed by atoms with Gasteiger partial charge in [0.05, 0.1) is 14.2 Å². The highest BCUT2D eigenvalue weighted by Crippen LogP contribution is 2.24. The fourth-order valence-electron chi connectivity index (χ4n) is 1.98. The molecule has 0 fully saturated rings. The lowest BCUT2D eigenvalue weighted by molar-refractivity contribution is 0.390. The molecule has 0 aliphatic carbocycles. The van der Waals surface area contributed by atoms with E-state index in [0.717, 1.165) is 35.9 Å². The van der Waals surface area contributed by atoms with Crippen LogP contribution in [0.2, 0.25) is 0 Å². The number of hydrogen-bond acceptors (Lipinski definition) is 4. The van der Waals surface area contributed by atoms with Crippen molar-refractivity contribution in [1.29, 1.82) is 0 Å². The van der Waals surface area contributed by atoms with Gasteiger partial charge < -0.3 is 14.8 Å². The molecule has 112 valence electrons. The molecule has 0 spiro atoms. The van der Waals surface area contributed by atoms with Gasteiger partial charge in [0.2, 0.25) is 0 Å². The Labute approximate surface area is 130 Å². The standard InChI is InChI=1S/C17H21NO2S/c1-19-15-9-8-14(17(12-15)20-2)13-18-10-11-21-16-6-4-3-5-7-16/h3-9,12,18H,10-11,13H2,1-2H3. The van der Waals surface area contributed by atoms with Gasteiger partial charge in [0.25, 0.3) is 0 Å². The lowest BCUT2D eigenvalue weighted by Crippen LogP contribution is -2.17. The predicted molar refractivity (Wildman–Crippen MR) is 88.4 cm³/mol. The molecule has 2 aromatic carbocycles. The number of ether oxygens (including phenoxy) is 2. The van der Waals surface area contributed by atoms with Crippen LogP contribution in [0.3, 0.4) is 0 Å². The molecule has 0 bridgehead atoms. The SMILES string of the molecule is COc1ccc(CNCCSc2ccccc2)c(OC)c1. The third kappa shape index (κ3) is 4.99. The van der Waals surface area contributed by atoms with Crippen LogP contribution in [0.25, 0.3) is 0 Å². The summed E-state index contributed by atoms with van der Waals surface area (Å²) < 4.78 is 10.6. The van der Waals surface area contributed by atoms with Crippen molar-refractivity contribution in [2.24, 2.45) is 0 Å². The van der Waals surface area contributed by atoms with Crippen LogP contribution in [0.15, 0.2) is 53.4 Å². The molecule has 0 radical (unpaired) electrons. The number of nitrogens with one attached hydrogen (secondary N) is 1. The van der Waals surface area contributed by atoms with Gasteiger partial charge in [0.1, 0.15) is 11.5 Å². The Bertz CT molecular complexity index is 546. The number of benzene rings is 2. The zero-order valence-corrected chi connectivity index (χ0v) is 13.3. The minimum Gasteiger partial charge on any atom is -0.497 e. The maximum Gasteiger partial charge on any atom is 0.127 e. The second-order valence-corrected chi connectivity index (χ2v) is 5.68. The highest BCUT2D eigenvalue weighted by molar-refractivity contribution is 7.99. The lowest BCUT2D eigenvalue weighted by Gasteiger charge is -2.11. The van der Waals surface area contributed by atoms with Crippen LogP contribution in [0.1, 0.15) is 5.56 Å². The van der Waals surface area contributed by atoms with E-state index in [0.29, 0.717) is 0 Å². The molecule has 0 saturated heterocycles. The molecule has 0 saturated carbocycles. The zero-order valence-electron chi connectivity index (χ0n) is 12.5. The highest BCUT2D eigenvalue weighted by Gasteiger charge is 2.04. The van der Waals surface area contributed by atoms with Crippen molar-refractivity contribution in [3.05, 3.63) is 54.1 Å². The molecule has 4 heteroatoms. The third-order valence-electron chi connectivity index (χ3n) is 3.10. The van der Waals surface area contributed by atoms with E-state index in [9.17, 15) is 0 Å². The Morgan fingerprint density at radius 2 is 1.81 bits per heavy atom. The maximum atomic E-state index is 5.39. The largest absolute Gasteiger partial charge is 0.497 e. The highest BCUT2D eigenvalue weighted by atomic mass is 32.2. The lowest BCUT2D eigenvalue weighted by atomic mass is 10.2. The molecule has 0 aliphatic heterocycles. The van der Waals surface area contributed by atoms with Crippen LogP contribution in [-0.2, 0) is 6.54 Å². The molecule has 2 rings (SSSR count). The molecule has 0 atom stereocenters. The van der Waals surface area contributed by atoms with E-state index in [2.05, 4.69) is 29.6 Å². The predicted octanol–water partition coefficient (Wildman–Crippen LogP) is 3.59. The van der Waals surface area contributed by atoms with Gasteiger partial charge >= 0.3 is 0 Å². The quantitative estimate of drug-likeness (QED) is 0.596. The first-order chi connectivity index (χ1) is 10.3. The van der Waals surface area contributed by atoms with Crippen LogP contribution in [0, 0.1) is 0 Å². The summed E-state index contributed by atoms with van der Waals surface area (Å²) in [4.78, 5) is 1.31. The van der Waals surface area contributed by atoms with E-state index < -0.39 is 0 Å². The van der Waals surface area contributed by atoms with Gasteiger partial charge in [-0.05, 0) is 18.2 Å². The summed E-state index contributed by atoms with van der Waals surface area (Å²) in [7, 11) is 3.34. The van der Waals surface area contributed by atoms with Crippen molar-refractivity contribution < 1.29 is 9.47 Å². The van der Waals surface area contributed by atoms with Crippen LogP contribution >= 0.6 is 11.8 Å². The summed E-state index contributed by atoms with van der Waals surface area (Å²) in [5.74, 6) is 2.72. The van der Waals surface area contributed by atoms with Gasteiger partial charge in [0.15, 0.2) is 0 Å². The molecule has 1 N–H and O–H groups in total. The normalized spacial score (nSPS) is 10.4. The Balaban J connectivity index is 1.76. The molecule has 21 heavy (non-hydrogen) atoms. The van der Waals surface area contributed by atoms with Crippen molar-refractivity contribution in [2.45, 2.75) is 11.4 Å². The monoisotopic (exact) mass is 303 g/mol. The topological polar surface area (TPSA) is 30.5 Å². The second kappa shape index (κ2) is 8.60. The van der Waals surface area contributed by atoms with Crippen LogP contribution in [0.4, 0.5) is 0 Å². The molecule has 2 aromatic rings. The van der Waals surface area contributed by atoms with Gasteiger partial charge in [-0.2, -0.15) is 0 Å². The van der Waals surface area contributed by atoms with Gasteiger partial charge in [-0.3, -0.25) is 0 Å². The molecule has 0 aliphatic rings. The molecular weight excluding hydrogens is 282 g/mol. The Hall–Kier alpha value is -1.65. The van der Waals surface area contributed by atoms with Crippen LogP contribution in [0.5, 0.6) is 11.5 Å². The van der Waals surface area contributed by atoms with Crippen LogP contribution in [-0.4, -0.2) is 26.5 Å². The smallest absolute Gasteiger partial charge is 0.127 e. The van der Waals surface area contributed by atoms with E-state index in [4.69, 9.17) is 9.47 Å². The first-order valence-corrected chi connectivity index (χ1v) is 7.91. The zero-order chi connectivity index (χ0) is 14.9. The van der Waals surface area contributed by atoms with Crippen molar-refractivity contribution in [1.82, 2.24) is 5.32 Å². The van der Waals surface area contributed by atoms with Gasteiger partial charge in [-0.1, -0.05) is 24.3 Å². The average Bonchev–Trinajstić information content (AvgIpc) is 2.55. The molecule has 0 unspecified atom stereocenters. The van der Waals surface area contributed by atoms with E-state index >= 15 is 0 Å². The fraction of sp³-hybridized carbons (Fsp3) is 0.294. The number of thioether (sulfide) groups is 1. The van der Waals surface area contributed by atoms with Gasteiger partial charge in [-0.15, -0.1) is 11.8 Å². The average molecular weight is 303 g/mol. The first kappa shape index (κ1) is 15.7. The van der Waals surface area contributed by atoms with Crippen molar-refractivity contribution in [3.63, 3.8) is 0 Å². The summed E-state index contributed by atoms with van der Waals surface area (Å²) in [6.45, 7) is 1.75. The first-order valence-electron chi connectivity index (χ1n) is 6.93. The van der Waals surface area contributed by atoms with Crippen molar-refractivity contribution in [3.8, 4) is 11.5 Å². The minimum absolute atomic E-state index is 0.794. The van der Waals surface area contributed by atoms with Gasteiger partial charge in [0, 0.05) is 35.4 Å². The summed E-state index contributed by atoms with van der Waals surface area (Å²) in [6.07, 6.45) is 0. The van der Waals surface area contributed by atoms with Gasteiger partial charge in [-0.25, -0.2) is 0 Å². The van der Waals surface area contributed by atoms with Crippen molar-refractivity contribution >= 4 is 11.8 Å². The molecule has 0 amide bonds. The third-order valence-corrected chi connectivity index (χ3v) is 4.11. The molecular formula is C17H21NO2S. The Kier molecular flexibility index (Phi) is 6.44. The van der Waals surface area contributed by atoms with E-state index in [1.807, 2.05) is 36.0 Å². The fourth-order valence-corrected chi connectivity index (χ4v) is 2.81. The Morgan fingerprint density at radius 3 is 2.52 bits per heavy atom. The molecule has 0 aromatic heterocycles. The summed E-state index contributed by atoms with van der Waals surface area (Å²) >= 11 is 1.86. The van der Waals surface area contributed by atoms with E-state index in [1.54, 1.807) is 14.2 Å². The number of hydrogen-bond donors (Lipinski definition) is 1. The number of rotatable bonds is 8. The second-order valence-electron chi connectivity index (χ2n) is 4.52. The van der Waals surface area contributed by atoms with E-state index in [-0.39, 0.29) is 0 Å². The molecule has 3 nitrogen and oxygen atoms in total.